The number of nitrogens with one attached hydrogen (secondary N) is 2. The number of carbonyl (C=O) groups is 2. The number of hydrogen-bond acceptors (Lipinski definition) is 4. The molecule has 8 heteroatoms. The van der Waals surface area contributed by atoms with Gasteiger partial charge in [-0.15, -0.1) is 0 Å². The number of carboxylic acid groups (broad SMARTS) is 1. The minimum Gasteiger partial charge on any atom is -0.477 e. The van der Waals surface area contributed by atoms with Crippen LogP contribution in [0.3, 0.4) is 0 Å². The number of hydrogen-bond donors (Lipinski definition) is 3. The average Bonchev–Trinajstić information content (AvgIpc) is 3.17. The van der Waals surface area contributed by atoms with Crippen LogP contribution in [0.4, 0.5) is 11.5 Å². The van der Waals surface area contributed by atoms with E-state index in [1.807, 2.05) is 42.5 Å². The fourth-order valence-corrected chi connectivity index (χ4v) is 3.28. The van der Waals surface area contributed by atoms with Crippen molar-refractivity contribution in [1.29, 1.82) is 0 Å². The van der Waals surface area contributed by atoms with Gasteiger partial charge in [-0.1, -0.05) is 60.2 Å². The highest BCUT2D eigenvalue weighted by molar-refractivity contribution is 6.31. The minimum atomic E-state index is -1.12. The van der Waals surface area contributed by atoms with Gasteiger partial charge in [-0.3, -0.25) is 4.79 Å². The predicted molar refractivity (Wildman–Crippen MR) is 115 cm³/mol. The number of allylic oxidation sites excluding steroid dienone is 2. The van der Waals surface area contributed by atoms with Crippen molar-refractivity contribution >= 4 is 41.1 Å². The number of amides is 1. The Bertz CT molecular complexity index is 1170. The summed E-state index contributed by atoms with van der Waals surface area (Å²) in [5, 5.41) is 19.8. The van der Waals surface area contributed by atoms with Crippen molar-refractivity contribution in [2.24, 2.45) is 0 Å². The van der Waals surface area contributed by atoms with E-state index in [9.17, 15) is 14.7 Å². The Morgan fingerprint density at radius 3 is 2.70 bits per heavy atom. The third-order valence-corrected chi connectivity index (χ3v) is 4.75. The van der Waals surface area contributed by atoms with Gasteiger partial charge >= 0.3 is 5.97 Å². The second-order valence-electron chi connectivity index (χ2n) is 6.59. The van der Waals surface area contributed by atoms with Gasteiger partial charge < -0.3 is 15.7 Å². The van der Waals surface area contributed by atoms with E-state index in [2.05, 4.69) is 15.7 Å². The van der Waals surface area contributed by atoms with Gasteiger partial charge in [0.1, 0.15) is 17.1 Å². The molecule has 1 atom stereocenters. The van der Waals surface area contributed by atoms with Crippen molar-refractivity contribution in [3.63, 3.8) is 0 Å². The van der Waals surface area contributed by atoms with Crippen molar-refractivity contribution in [1.82, 2.24) is 9.78 Å². The van der Waals surface area contributed by atoms with Crippen LogP contribution in [0.2, 0.25) is 5.02 Å². The van der Waals surface area contributed by atoms with Crippen LogP contribution in [-0.2, 0) is 4.79 Å². The fraction of sp³-hybridized carbons (Fsp3) is 0.0455. The van der Waals surface area contributed by atoms with Crippen molar-refractivity contribution in [2.45, 2.75) is 6.04 Å². The molecule has 0 saturated carbocycles. The maximum absolute atomic E-state index is 12.8. The molecule has 30 heavy (non-hydrogen) atoms. The summed E-state index contributed by atoms with van der Waals surface area (Å²) >= 11 is 5.97. The van der Waals surface area contributed by atoms with E-state index in [1.54, 1.807) is 35.0 Å². The number of aliphatic carboxylic acids is 1. The molecule has 4 rings (SSSR count). The molecule has 2 heterocycles. The molecule has 1 amide bonds. The maximum Gasteiger partial charge on any atom is 0.352 e. The third-order valence-electron chi connectivity index (χ3n) is 4.51. The van der Waals surface area contributed by atoms with Crippen molar-refractivity contribution in [3.8, 4) is 0 Å². The summed E-state index contributed by atoms with van der Waals surface area (Å²) in [4.78, 5) is 24.4. The lowest BCUT2D eigenvalue weighted by Gasteiger charge is -2.22. The van der Waals surface area contributed by atoms with Gasteiger partial charge in [0.15, 0.2) is 0 Å². The van der Waals surface area contributed by atoms with Crippen LogP contribution in [0.15, 0.2) is 78.6 Å². The molecule has 0 spiro atoms. The molecule has 2 aromatic carbocycles. The topological polar surface area (TPSA) is 96.2 Å². The Hall–Kier alpha value is -3.84. The largest absolute Gasteiger partial charge is 0.477 e. The van der Waals surface area contributed by atoms with Crippen molar-refractivity contribution in [2.75, 3.05) is 10.6 Å². The molecule has 150 valence electrons. The second kappa shape index (κ2) is 8.26. The molecule has 1 aliphatic rings. The molecule has 0 aliphatic carbocycles. The summed E-state index contributed by atoms with van der Waals surface area (Å²) in [5.41, 5.74) is 1.69. The summed E-state index contributed by atoms with van der Waals surface area (Å²) in [6.45, 7) is 0. The van der Waals surface area contributed by atoms with E-state index in [1.165, 1.54) is 6.20 Å². The number of rotatable bonds is 5. The first-order valence-corrected chi connectivity index (χ1v) is 9.49. The summed E-state index contributed by atoms with van der Waals surface area (Å²) in [6, 6.07) is 15.9. The first-order chi connectivity index (χ1) is 14.5. The Morgan fingerprint density at radius 2 is 1.97 bits per heavy atom. The summed E-state index contributed by atoms with van der Waals surface area (Å²) < 4.78 is 1.57. The predicted octanol–water partition coefficient (Wildman–Crippen LogP) is 4.44. The van der Waals surface area contributed by atoms with Crippen LogP contribution >= 0.6 is 11.6 Å². The number of benzene rings is 2. The first kappa shape index (κ1) is 19.5. The van der Waals surface area contributed by atoms with Gasteiger partial charge in [-0.25, -0.2) is 9.48 Å². The van der Waals surface area contributed by atoms with Crippen LogP contribution in [0.5, 0.6) is 0 Å². The molecule has 1 aliphatic heterocycles. The molecule has 0 radical (unpaired) electrons. The van der Waals surface area contributed by atoms with Gasteiger partial charge in [0.25, 0.3) is 5.91 Å². The summed E-state index contributed by atoms with van der Waals surface area (Å²) in [7, 11) is 0. The van der Waals surface area contributed by atoms with E-state index in [0.29, 0.717) is 16.5 Å². The highest BCUT2D eigenvalue weighted by Gasteiger charge is 2.27. The normalized spacial score (nSPS) is 15.2. The molecule has 3 N–H and O–H groups in total. The number of halogens is 1. The van der Waals surface area contributed by atoms with Crippen LogP contribution in [0.1, 0.15) is 22.0 Å². The van der Waals surface area contributed by atoms with Crippen molar-refractivity contribution < 1.29 is 14.7 Å². The van der Waals surface area contributed by atoms with Gasteiger partial charge in [0.2, 0.25) is 0 Å². The van der Waals surface area contributed by atoms with Gasteiger partial charge in [-0.2, -0.15) is 5.10 Å². The Balaban J connectivity index is 1.65. The molecule has 0 saturated heterocycles. The first-order valence-electron chi connectivity index (χ1n) is 9.11. The monoisotopic (exact) mass is 420 g/mol. The number of carbonyl (C=O) groups excluding carboxylic acids is 1. The lowest BCUT2D eigenvalue weighted by molar-refractivity contribution is -0.132. The molecular formula is C22H17ClN4O3. The lowest BCUT2D eigenvalue weighted by Crippen LogP contribution is -2.24. The van der Waals surface area contributed by atoms with Crippen LogP contribution in [-0.4, -0.2) is 26.8 Å². The summed E-state index contributed by atoms with van der Waals surface area (Å²) in [5.74, 6) is -1.25. The highest BCUT2D eigenvalue weighted by Crippen LogP contribution is 2.30. The Kier molecular flexibility index (Phi) is 5.36. The summed E-state index contributed by atoms with van der Waals surface area (Å²) in [6.07, 6.45) is 6.65. The molecular weight excluding hydrogens is 404 g/mol. The molecule has 7 nitrogen and oxygen atoms in total. The molecule has 3 aromatic rings. The number of carboxylic acids is 1. The average molecular weight is 421 g/mol. The van der Waals surface area contributed by atoms with Gasteiger partial charge in [-0.05, 0) is 29.8 Å². The lowest BCUT2D eigenvalue weighted by atomic mass is 10.1. The SMILES string of the molecule is O=C(O)C1=CC(C=Cc2ccccc2)n2ncc(C(=O)Nc3cccc(Cl)c3)c2N1. The number of anilines is 2. The zero-order valence-corrected chi connectivity index (χ0v) is 16.4. The fourth-order valence-electron chi connectivity index (χ4n) is 3.09. The zero-order valence-electron chi connectivity index (χ0n) is 15.6. The smallest absolute Gasteiger partial charge is 0.352 e. The quantitative estimate of drug-likeness (QED) is 0.567. The van der Waals surface area contributed by atoms with E-state index in [-0.39, 0.29) is 11.3 Å². The molecule has 1 aromatic heterocycles. The van der Waals surface area contributed by atoms with Crippen LogP contribution < -0.4 is 10.6 Å². The Labute approximate surface area is 177 Å². The van der Waals surface area contributed by atoms with Crippen LogP contribution in [0.25, 0.3) is 6.08 Å². The molecule has 0 fully saturated rings. The van der Waals surface area contributed by atoms with Gasteiger partial charge in [0.05, 0.1) is 12.2 Å². The van der Waals surface area contributed by atoms with Gasteiger partial charge in [0, 0.05) is 10.7 Å². The van der Waals surface area contributed by atoms with E-state index in [4.69, 9.17) is 11.6 Å². The Morgan fingerprint density at radius 1 is 1.17 bits per heavy atom. The van der Waals surface area contributed by atoms with E-state index in [0.717, 1.165) is 5.56 Å². The molecule has 1 unspecified atom stereocenters. The van der Waals surface area contributed by atoms with E-state index >= 15 is 0 Å². The maximum atomic E-state index is 12.8. The number of fused-ring (bicyclic) bond motifs is 1. The standard InChI is InChI=1S/C22H17ClN4O3/c23-15-7-4-8-16(11-15)25-21(28)18-13-24-27-17(10-9-14-5-2-1-3-6-14)12-19(22(29)30)26-20(18)27/h1-13,17,26H,(H,25,28)(H,29,30). The third kappa shape index (κ3) is 4.11. The van der Waals surface area contributed by atoms with Crippen LogP contribution in [0, 0.1) is 0 Å². The zero-order chi connectivity index (χ0) is 21.1. The molecule has 0 bridgehead atoms. The minimum absolute atomic E-state index is 0.0254. The second-order valence-corrected chi connectivity index (χ2v) is 7.02. The number of nitrogens with zero attached hydrogens (tertiary/aromatic N) is 2. The highest BCUT2D eigenvalue weighted by atomic mass is 35.5. The van der Waals surface area contributed by atoms with Crippen molar-refractivity contribution in [3.05, 3.63) is 94.8 Å². The number of aromatic nitrogens is 2. The van der Waals surface area contributed by atoms with E-state index < -0.39 is 17.9 Å².